The van der Waals surface area contributed by atoms with E-state index >= 15 is 0 Å². The number of fused-ring (bicyclic) bond motifs is 1. The number of hydrogen-bond acceptors (Lipinski definition) is 2. The summed E-state index contributed by atoms with van der Waals surface area (Å²) in [4.78, 5) is 5.45. The molecule has 26 heavy (non-hydrogen) atoms. The van der Waals surface area contributed by atoms with E-state index in [1.165, 1.54) is 6.07 Å². The van der Waals surface area contributed by atoms with E-state index in [-0.39, 0.29) is 11.6 Å². The molecule has 0 saturated carbocycles. The average molecular weight is 351 g/mol. The number of H-pyrrole nitrogens is 1. The first-order chi connectivity index (χ1) is 12.7. The highest BCUT2D eigenvalue weighted by molar-refractivity contribution is 5.81. The van der Waals surface area contributed by atoms with Gasteiger partial charge in [0.25, 0.3) is 0 Å². The largest absolute Gasteiger partial charge is 0.355 e. The highest BCUT2D eigenvalue weighted by atomic mass is 19.1. The van der Waals surface area contributed by atoms with Crippen molar-refractivity contribution in [1.82, 2.24) is 9.88 Å². The van der Waals surface area contributed by atoms with Crippen LogP contribution in [-0.2, 0) is 6.54 Å². The van der Waals surface area contributed by atoms with Crippen LogP contribution >= 0.6 is 0 Å². The van der Waals surface area contributed by atoms with E-state index in [1.54, 1.807) is 6.07 Å². The molecule has 1 atom stereocenters. The molecule has 2 heterocycles. The van der Waals surface area contributed by atoms with E-state index in [0.29, 0.717) is 10.9 Å². The Balaban J connectivity index is 1.64. The van der Waals surface area contributed by atoms with Crippen LogP contribution in [0.3, 0.4) is 0 Å². The Morgan fingerprint density at radius 3 is 2.58 bits per heavy atom. The highest BCUT2D eigenvalue weighted by Crippen LogP contribution is 2.34. The summed E-state index contributed by atoms with van der Waals surface area (Å²) in [5, 5.41) is 9.24. The molecule has 4 rings (SSSR count). The van der Waals surface area contributed by atoms with Crippen molar-refractivity contribution >= 4 is 10.9 Å². The number of rotatable bonds is 3. The van der Waals surface area contributed by atoms with E-state index in [2.05, 4.69) is 16.0 Å². The average Bonchev–Trinajstić information content (AvgIpc) is 3.12. The molecular weight excluding hydrogens is 332 g/mol. The number of nitriles is 1. The van der Waals surface area contributed by atoms with Crippen LogP contribution in [0.1, 0.15) is 42.1 Å². The molecule has 1 saturated heterocycles. The molecule has 0 bridgehead atoms. The smallest absolute Gasteiger partial charge is 0.147 e. The minimum atomic E-state index is -0.429. The van der Waals surface area contributed by atoms with Crippen molar-refractivity contribution in [1.29, 1.82) is 5.26 Å². The van der Waals surface area contributed by atoms with E-state index < -0.39 is 11.6 Å². The lowest BCUT2D eigenvalue weighted by molar-refractivity contribution is 0.138. The SMILES string of the molecule is N#Cc1ccc(CN2CCCCC2c2cc3c(F)ccc(F)c3[nH]2)cc1. The molecule has 1 unspecified atom stereocenters. The molecule has 0 amide bonds. The summed E-state index contributed by atoms with van der Waals surface area (Å²) in [6, 6.07) is 13.9. The molecule has 132 valence electrons. The molecule has 2 aromatic carbocycles. The summed E-state index contributed by atoms with van der Waals surface area (Å²) < 4.78 is 28.1. The van der Waals surface area contributed by atoms with Crippen LogP contribution in [0.15, 0.2) is 42.5 Å². The summed E-state index contributed by atoms with van der Waals surface area (Å²) in [5.74, 6) is -0.833. The number of aromatic nitrogens is 1. The first-order valence-electron chi connectivity index (χ1n) is 8.85. The van der Waals surface area contributed by atoms with Gasteiger partial charge in [-0.3, -0.25) is 4.90 Å². The summed E-state index contributed by atoms with van der Waals surface area (Å²) in [6.45, 7) is 1.68. The van der Waals surface area contributed by atoms with Crippen LogP contribution in [0.25, 0.3) is 10.9 Å². The van der Waals surface area contributed by atoms with Crippen molar-refractivity contribution in [2.45, 2.75) is 31.8 Å². The molecule has 1 N–H and O–H groups in total. The Kier molecular flexibility index (Phi) is 4.44. The minimum Gasteiger partial charge on any atom is -0.355 e. The van der Waals surface area contributed by atoms with Crippen LogP contribution in [-0.4, -0.2) is 16.4 Å². The predicted molar refractivity (Wildman–Crippen MR) is 96.4 cm³/mol. The van der Waals surface area contributed by atoms with E-state index in [4.69, 9.17) is 5.26 Å². The molecule has 3 nitrogen and oxygen atoms in total. The maximum Gasteiger partial charge on any atom is 0.147 e. The second-order valence-electron chi connectivity index (χ2n) is 6.83. The van der Waals surface area contributed by atoms with Gasteiger partial charge in [0.05, 0.1) is 23.2 Å². The normalized spacial score (nSPS) is 18.1. The van der Waals surface area contributed by atoms with E-state index in [9.17, 15) is 8.78 Å². The van der Waals surface area contributed by atoms with Gasteiger partial charge < -0.3 is 4.98 Å². The Labute approximate surface area is 150 Å². The van der Waals surface area contributed by atoms with E-state index in [1.807, 2.05) is 24.3 Å². The molecule has 5 heteroatoms. The van der Waals surface area contributed by atoms with Crippen molar-refractivity contribution in [3.8, 4) is 6.07 Å². The number of nitrogens with one attached hydrogen (secondary N) is 1. The zero-order valence-corrected chi connectivity index (χ0v) is 14.3. The van der Waals surface area contributed by atoms with Gasteiger partial charge in [-0.1, -0.05) is 18.6 Å². The first kappa shape index (κ1) is 16.7. The van der Waals surface area contributed by atoms with Gasteiger partial charge in [-0.2, -0.15) is 5.26 Å². The van der Waals surface area contributed by atoms with Crippen LogP contribution in [0.4, 0.5) is 8.78 Å². The summed E-state index contributed by atoms with van der Waals surface area (Å²) in [6.07, 6.45) is 3.15. The van der Waals surface area contributed by atoms with E-state index in [0.717, 1.165) is 49.7 Å². The summed E-state index contributed by atoms with van der Waals surface area (Å²) in [7, 11) is 0. The monoisotopic (exact) mass is 351 g/mol. The van der Waals surface area contributed by atoms with Gasteiger partial charge >= 0.3 is 0 Å². The Hall–Kier alpha value is -2.71. The third-order valence-corrected chi connectivity index (χ3v) is 5.15. The quantitative estimate of drug-likeness (QED) is 0.718. The molecule has 0 radical (unpaired) electrons. The third kappa shape index (κ3) is 3.09. The zero-order chi connectivity index (χ0) is 18.1. The third-order valence-electron chi connectivity index (χ3n) is 5.15. The van der Waals surface area contributed by atoms with Gasteiger partial charge in [0, 0.05) is 17.6 Å². The molecule has 1 aliphatic rings. The second-order valence-corrected chi connectivity index (χ2v) is 6.83. The number of nitrogens with zero attached hydrogens (tertiary/aromatic N) is 2. The van der Waals surface area contributed by atoms with Crippen LogP contribution in [0, 0.1) is 23.0 Å². The van der Waals surface area contributed by atoms with Crippen molar-refractivity contribution in [3.63, 3.8) is 0 Å². The molecule has 1 aromatic heterocycles. The lowest BCUT2D eigenvalue weighted by Gasteiger charge is -2.35. The minimum absolute atomic E-state index is 0.102. The zero-order valence-electron chi connectivity index (χ0n) is 14.3. The maximum atomic E-state index is 14.0. The Bertz CT molecular complexity index is 930. The molecule has 0 aliphatic carbocycles. The van der Waals surface area contributed by atoms with Gasteiger partial charge in [0.2, 0.25) is 0 Å². The topological polar surface area (TPSA) is 42.8 Å². The fraction of sp³-hybridized carbons (Fsp3) is 0.286. The fourth-order valence-corrected chi connectivity index (χ4v) is 3.80. The van der Waals surface area contributed by atoms with Crippen LogP contribution < -0.4 is 0 Å². The lowest BCUT2D eigenvalue weighted by atomic mass is 9.98. The Morgan fingerprint density at radius 1 is 1.08 bits per heavy atom. The van der Waals surface area contributed by atoms with Crippen molar-refractivity contribution < 1.29 is 8.78 Å². The number of hydrogen-bond donors (Lipinski definition) is 1. The molecule has 3 aromatic rings. The van der Waals surface area contributed by atoms with Crippen molar-refractivity contribution in [2.75, 3.05) is 6.54 Å². The fourth-order valence-electron chi connectivity index (χ4n) is 3.80. The first-order valence-corrected chi connectivity index (χ1v) is 8.85. The lowest BCUT2D eigenvalue weighted by Crippen LogP contribution is -2.33. The van der Waals surface area contributed by atoms with Crippen LogP contribution in [0.5, 0.6) is 0 Å². The molecular formula is C21H19F2N3. The van der Waals surface area contributed by atoms with Gasteiger partial charge in [-0.05, 0) is 55.3 Å². The number of benzene rings is 2. The second kappa shape index (κ2) is 6.89. The summed E-state index contributed by atoms with van der Waals surface area (Å²) in [5.41, 5.74) is 2.87. The van der Waals surface area contributed by atoms with Crippen molar-refractivity contribution in [3.05, 3.63) is 70.9 Å². The summed E-state index contributed by atoms with van der Waals surface area (Å²) >= 11 is 0. The molecule has 1 aliphatic heterocycles. The van der Waals surface area contributed by atoms with Gasteiger partial charge in [0.15, 0.2) is 0 Å². The van der Waals surface area contributed by atoms with Crippen LogP contribution in [0.2, 0.25) is 0 Å². The Morgan fingerprint density at radius 2 is 1.85 bits per heavy atom. The van der Waals surface area contributed by atoms with Gasteiger partial charge in [0.1, 0.15) is 11.6 Å². The predicted octanol–water partition coefficient (Wildman–Crippen LogP) is 5.04. The molecule has 0 spiro atoms. The maximum absolute atomic E-state index is 14.0. The standard InChI is InChI=1S/C21H19F2N3/c22-17-8-9-18(23)21-16(17)11-19(25-21)20-3-1-2-10-26(20)13-15-6-4-14(12-24)5-7-15/h4-9,11,20,25H,1-3,10,13H2. The number of aromatic amines is 1. The number of halogens is 2. The van der Waals surface area contributed by atoms with Gasteiger partial charge in [-0.25, -0.2) is 8.78 Å². The van der Waals surface area contributed by atoms with Gasteiger partial charge in [-0.15, -0.1) is 0 Å². The number of piperidine rings is 1. The van der Waals surface area contributed by atoms with Crippen molar-refractivity contribution in [2.24, 2.45) is 0 Å². The molecule has 1 fully saturated rings. The highest BCUT2D eigenvalue weighted by Gasteiger charge is 2.26. The number of likely N-dealkylation sites (tertiary alicyclic amines) is 1.